The number of pyridine rings is 1. The lowest BCUT2D eigenvalue weighted by Crippen LogP contribution is -2.05. The predicted octanol–water partition coefficient (Wildman–Crippen LogP) is 6.75. The van der Waals surface area contributed by atoms with Crippen molar-refractivity contribution in [1.82, 2.24) is 4.98 Å². The van der Waals surface area contributed by atoms with Crippen molar-refractivity contribution in [2.75, 3.05) is 6.61 Å². The van der Waals surface area contributed by atoms with Crippen molar-refractivity contribution in [3.05, 3.63) is 48.8 Å². The molecular weight excluding hydrogens is 322 g/mol. The number of ether oxygens (including phenoxy) is 1. The predicted molar refractivity (Wildman–Crippen MR) is 112 cm³/mol. The molecule has 0 radical (unpaired) electrons. The molecule has 1 aromatic heterocycles. The third-order valence-electron chi connectivity index (χ3n) is 4.02. The molecule has 146 valence electrons. The third-order valence-corrected chi connectivity index (χ3v) is 4.02. The Morgan fingerprint density at radius 1 is 1.00 bits per heavy atom. The van der Waals surface area contributed by atoms with Gasteiger partial charge in [0.1, 0.15) is 0 Å². The average molecular weight is 360 g/mol. The molecule has 0 aliphatic carbocycles. The normalized spacial score (nSPS) is 9.77. The summed E-state index contributed by atoms with van der Waals surface area (Å²) in [4.78, 5) is 14.9. The topological polar surface area (TPSA) is 39.2 Å². The molecule has 3 heteroatoms. The van der Waals surface area contributed by atoms with Gasteiger partial charge in [0.2, 0.25) is 0 Å². The van der Waals surface area contributed by atoms with Gasteiger partial charge in [0.05, 0.1) is 6.61 Å². The summed E-state index contributed by atoms with van der Waals surface area (Å²) in [6, 6.07) is 3.82. The van der Waals surface area contributed by atoms with Gasteiger partial charge < -0.3 is 4.74 Å². The second-order valence-electron chi connectivity index (χ2n) is 6.58. The van der Waals surface area contributed by atoms with Crippen LogP contribution in [0.25, 0.3) is 6.08 Å². The van der Waals surface area contributed by atoms with Crippen LogP contribution < -0.4 is 0 Å². The molecule has 0 amide bonds. The van der Waals surface area contributed by atoms with Gasteiger partial charge in [-0.25, -0.2) is 4.79 Å². The van der Waals surface area contributed by atoms with Crippen molar-refractivity contribution >= 4 is 12.0 Å². The van der Waals surface area contributed by atoms with Gasteiger partial charge in [0.15, 0.2) is 0 Å². The quantitative estimate of drug-likeness (QED) is 0.222. The summed E-state index contributed by atoms with van der Waals surface area (Å²) in [5, 5.41) is 0. The molecule has 0 aliphatic heterocycles. The molecule has 0 aliphatic rings. The van der Waals surface area contributed by atoms with Crippen LogP contribution in [0.2, 0.25) is 0 Å². The molecule has 0 aromatic carbocycles. The first kappa shape index (κ1) is 24.1. The van der Waals surface area contributed by atoms with Crippen molar-refractivity contribution in [3.8, 4) is 0 Å². The Bertz CT molecular complexity index is 482. The second kappa shape index (κ2) is 17.9. The van der Waals surface area contributed by atoms with Gasteiger partial charge in [-0.15, -0.1) is 0 Å². The van der Waals surface area contributed by atoms with E-state index in [0.29, 0.717) is 12.2 Å². The van der Waals surface area contributed by atoms with Gasteiger partial charge in [0.25, 0.3) is 0 Å². The summed E-state index contributed by atoms with van der Waals surface area (Å²) < 4.78 is 5.04. The molecule has 0 atom stereocenters. The highest BCUT2D eigenvalue weighted by Crippen LogP contribution is 2.10. The van der Waals surface area contributed by atoms with Crippen LogP contribution >= 0.6 is 0 Å². The van der Waals surface area contributed by atoms with Crippen molar-refractivity contribution in [3.63, 3.8) is 0 Å². The Balaban J connectivity index is 0.000000642. The first-order valence-corrected chi connectivity index (χ1v) is 9.96. The Morgan fingerprint density at radius 3 is 1.92 bits per heavy atom. The molecule has 0 N–H and O–H groups in total. The number of hydrogen-bond acceptors (Lipinski definition) is 3. The van der Waals surface area contributed by atoms with Gasteiger partial charge in [-0.3, -0.25) is 4.98 Å². The maximum Gasteiger partial charge on any atom is 0.333 e. The van der Waals surface area contributed by atoms with Crippen LogP contribution in [0.3, 0.4) is 0 Å². The fourth-order valence-corrected chi connectivity index (χ4v) is 2.38. The number of nitrogens with zero attached hydrogens (tertiary/aromatic N) is 1. The van der Waals surface area contributed by atoms with E-state index in [9.17, 15) is 4.79 Å². The lowest BCUT2D eigenvalue weighted by atomic mass is 10.1. The molecule has 1 heterocycles. The van der Waals surface area contributed by atoms with E-state index in [-0.39, 0.29) is 5.97 Å². The van der Waals surface area contributed by atoms with E-state index in [4.69, 9.17) is 4.74 Å². The van der Waals surface area contributed by atoms with Gasteiger partial charge in [-0.1, -0.05) is 83.9 Å². The van der Waals surface area contributed by atoms with Crippen LogP contribution in [0.5, 0.6) is 0 Å². The van der Waals surface area contributed by atoms with Crippen LogP contribution in [0.15, 0.2) is 43.3 Å². The van der Waals surface area contributed by atoms with Crippen LogP contribution in [-0.4, -0.2) is 17.6 Å². The van der Waals surface area contributed by atoms with E-state index in [1.807, 2.05) is 12.1 Å². The van der Waals surface area contributed by atoms with Crippen LogP contribution in [0, 0.1) is 0 Å². The van der Waals surface area contributed by atoms with Crippen molar-refractivity contribution in [2.24, 2.45) is 0 Å². The van der Waals surface area contributed by atoms with E-state index >= 15 is 0 Å². The highest BCUT2D eigenvalue weighted by atomic mass is 16.5. The SMILES string of the molecule is C=C(C)C(=O)OCCCCCCCCCCCC.C=Cc1ccncc1. The van der Waals surface area contributed by atoms with Gasteiger partial charge in [-0.2, -0.15) is 0 Å². The monoisotopic (exact) mass is 359 g/mol. The molecule has 0 bridgehead atoms. The van der Waals surface area contributed by atoms with Crippen molar-refractivity contribution in [2.45, 2.75) is 78.1 Å². The zero-order chi connectivity index (χ0) is 19.5. The summed E-state index contributed by atoms with van der Waals surface area (Å²) in [5.41, 5.74) is 1.60. The fourth-order valence-electron chi connectivity index (χ4n) is 2.38. The fraction of sp³-hybridized carbons (Fsp3) is 0.565. The number of carbonyl (C=O) groups is 1. The molecule has 0 spiro atoms. The largest absolute Gasteiger partial charge is 0.462 e. The van der Waals surface area contributed by atoms with Crippen LogP contribution in [0.4, 0.5) is 0 Å². The minimum atomic E-state index is -0.258. The lowest BCUT2D eigenvalue weighted by molar-refractivity contribution is -0.139. The molecular formula is C23H37NO2. The Hall–Kier alpha value is -1.90. The number of carbonyl (C=O) groups excluding carboxylic acids is 1. The summed E-state index contributed by atoms with van der Waals surface area (Å²) in [5.74, 6) is -0.258. The molecule has 0 saturated heterocycles. The first-order chi connectivity index (χ1) is 12.6. The number of unbranched alkanes of at least 4 members (excludes halogenated alkanes) is 9. The average Bonchev–Trinajstić information content (AvgIpc) is 2.67. The van der Waals surface area contributed by atoms with E-state index < -0.39 is 0 Å². The molecule has 0 unspecified atom stereocenters. The summed E-state index contributed by atoms with van der Waals surface area (Å²) in [6.07, 6.45) is 18.2. The Kier molecular flexibility index (Phi) is 16.6. The van der Waals surface area contributed by atoms with Crippen LogP contribution in [-0.2, 0) is 9.53 Å². The minimum Gasteiger partial charge on any atom is -0.462 e. The Morgan fingerprint density at radius 2 is 1.50 bits per heavy atom. The summed E-state index contributed by atoms with van der Waals surface area (Å²) >= 11 is 0. The zero-order valence-corrected chi connectivity index (χ0v) is 16.8. The maximum atomic E-state index is 11.1. The van der Waals surface area contributed by atoms with E-state index in [1.54, 1.807) is 25.4 Å². The number of aromatic nitrogens is 1. The van der Waals surface area contributed by atoms with Crippen molar-refractivity contribution in [1.29, 1.82) is 0 Å². The minimum absolute atomic E-state index is 0.258. The molecule has 0 fully saturated rings. The van der Waals surface area contributed by atoms with Gasteiger partial charge >= 0.3 is 5.97 Å². The van der Waals surface area contributed by atoms with Crippen LogP contribution in [0.1, 0.15) is 83.6 Å². The number of hydrogen-bond donors (Lipinski definition) is 0. The maximum absolute atomic E-state index is 11.1. The molecule has 1 rings (SSSR count). The highest BCUT2D eigenvalue weighted by molar-refractivity contribution is 5.86. The Labute approximate surface area is 160 Å². The smallest absolute Gasteiger partial charge is 0.333 e. The molecule has 1 aromatic rings. The molecule has 26 heavy (non-hydrogen) atoms. The van der Waals surface area contributed by atoms with Gasteiger partial charge in [0, 0.05) is 18.0 Å². The van der Waals surface area contributed by atoms with E-state index in [0.717, 1.165) is 12.0 Å². The lowest BCUT2D eigenvalue weighted by Gasteiger charge is -2.04. The summed E-state index contributed by atoms with van der Waals surface area (Å²) in [7, 11) is 0. The zero-order valence-electron chi connectivity index (χ0n) is 16.8. The number of esters is 1. The van der Waals surface area contributed by atoms with Gasteiger partial charge in [-0.05, 0) is 31.0 Å². The summed E-state index contributed by atoms with van der Waals surface area (Å²) in [6.45, 7) is 11.6. The molecule has 0 saturated carbocycles. The molecule has 3 nitrogen and oxygen atoms in total. The number of rotatable bonds is 13. The second-order valence-corrected chi connectivity index (χ2v) is 6.58. The van der Waals surface area contributed by atoms with Crippen molar-refractivity contribution < 1.29 is 9.53 Å². The standard InChI is InChI=1S/C16H30O2.C7H7N/c1-4-5-6-7-8-9-10-11-12-13-14-18-16(17)15(2)3;1-2-7-3-5-8-6-4-7/h2,4-14H2,1,3H3;2-6H,1H2. The highest BCUT2D eigenvalue weighted by Gasteiger charge is 2.01. The third kappa shape index (κ3) is 15.6. The first-order valence-electron chi connectivity index (χ1n) is 9.96. The van der Waals surface area contributed by atoms with E-state index in [1.165, 1.54) is 57.8 Å². The van der Waals surface area contributed by atoms with E-state index in [2.05, 4.69) is 25.1 Å².